The van der Waals surface area contributed by atoms with Crippen LogP contribution in [0.4, 0.5) is 10.6 Å². The number of nitrogens with zero attached hydrogens (tertiary/aromatic N) is 4. The summed E-state index contributed by atoms with van der Waals surface area (Å²) in [5.74, 6) is 1.33. The SMILES string of the molecule is Cn1nc(C2CC2)cc1NC(=O)N1CCCN([C@H]2COC[C@@H]2O)CC1. The molecule has 2 amide bonds. The van der Waals surface area contributed by atoms with Crippen molar-refractivity contribution in [2.24, 2.45) is 7.05 Å². The summed E-state index contributed by atoms with van der Waals surface area (Å²) in [7, 11) is 1.87. The molecule has 0 bridgehead atoms. The first-order valence-corrected chi connectivity index (χ1v) is 9.21. The molecule has 0 unspecified atom stereocenters. The fraction of sp³-hybridized carbons (Fsp3) is 0.765. The number of ether oxygens (including phenoxy) is 1. The summed E-state index contributed by atoms with van der Waals surface area (Å²) in [6.45, 7) is 4.01. The Labute approximate surface area is 147 Å². The maximum atomic E-state index is 12.6. The standard InChI is InChI=1S/C17H27N5O3/c1-20-16(9-13(19-20)12-3-4-12)18-17(24)22-6-2-5-21(7-8-22)14-10-25-11-15(14)23/h9,12,14-15,23H,2-8,10-11H2,1H3,(H,18,24)/t14-,15-/m0/s1. The largest absolute Gasteiger partial charge is 0.389 e. The van der Waals surface area contributed by atoms with E-state index in [-0.39, 0.29) is 12.1 Å². The van der Waals surface area contributed by atoms with Gasteiger partial charge in [-0.15, -0.1) is 0 Å². The number of anilines is 1. The van der Waals surface area contributed by atoms with Gasteiger partial charge in [-0.3, -0.25) is 14.9 Å². The topological polar surface area (TPSA) is 82.9 Å². The number of aliphatic hydroxyl groups is 1. The second-order valence-electron chi connectivity index (χ2n) is 7.33. The summed E-state index contributed by atoms with van der Waals surface area (Å²) in [5.41, 5.74) is 1.08. The highest BCUT2D eigenvalue weighted by molar-refractivity contribution is 5.88. The molecule has 25 heavy (non-hydrogen) atoms. The van der Waals surface area contributed by atoms with Crippen molar-refractivity contribution in [2.75, 3.05) is 44.7 Å². The van der Waals surface area contributed by atoms with Crippen LogP contribution in [0.15, 0.2) is 6.07 Å². The smallest absolute Gasteiger partial charge is 0.323 e. The minimum absolute atomic E-state index is 0.0567. The number of hydrogen-bond donors (Lipinski definition) is 2. The molecule has 1 aliphatic carbocycles. The third-order valence-corrected chi connectivity index (χ3v) is 5.44. The highest BCUT2D eigenvalue weighted by Crippen LogP contribution is 2.39. The second-order valence-corrected chi connectivity index (χ2v) is 7.33. The Balaban J connectivity index is 1.34. The molecule has 1 saturated carbocycles. The van der Waals surface area contributed by atoms with Crippen molar-refractivity contribution in [3.05, 3.63) is 11.8 Å². The first-order valence-electron chi connectivity index (χ1n) is 9.21. The van der Waals surface area contributed by atoms with E-state index in [0.29, 0.717) is 25.7 Å². The fourth-order valence-electron chi connectivity index (χ4n) is 3.73. The minimum Gasteiger partial charge on any atom is -0.389 e. The van der Waals surface area contributed by atoms with Gasteiger partial charge in [0.05, 0.1) is 31.1 Å². The molecule has 3 heterocycles. The van der Waals surface area contributed by atoms with Gasteiger partial charge < -0.3 is 14.7 Å². The first kappa shape index (κ1) is 16.8. The van der Waals surface area contributed by atoms with Gasteiger partial charge in [-0.1, -0.05) is 0 Å². The number of hydrogen-bond acceptors (Lipinski definition) is 5. The van der Waals surface area contributed by atoms with E-state index in [1.165, 1.54) is 12.8 Å². The quantitative estimate of drug-likeness (QED) is 0.835. The molecule has 3 aliphatic rings. The van der Waals surface area contributed by atoms with Gasteiger partial charge in [-0.25, -0.2) is 4.79 Å². The minimum atomic E-state index is -0.421. The lowest BCUT2D eigenvalue weighted by Crippen LogP contribution is -2.45. The number of nitrogens with one attached hydrogen (secondary N) is 1. The van der Waals surface area contributed by atoms with Crippen molar-refractivity contribution in [3.8, 4) is 0 Å². The van der Waals surface area contributed by atoms with E-state index in [4.69, 9.17) is 4.74 Å². The van der Waals surface area contributed by atoms with Crippen LogP contribution in [0.1, 0.15) is 30.9 Å². The van der Waals surface area contributed by atoms with Crippen LogP contribution < -0.4 is 5.32 Å². The highest BCUT2D eigenvalue weighted by atomic mass is 16.5. The molecule has 0 spiro atoms. The Morgan fingerprint density at radius 3 is 2.84 bits per heavy atom. The van der Waals surface area contributed by atoms with Gasteiger partial charge in [0.2, 0.25) is 0 Å². The molecule has 8 heteroatoms. The molecule has 2 atom stereocenters. The number of carbonyl (C=O) groups is 1. The summed E-state index contributed by atoms with van der Waals surface area (Å²) >= 11 is 0. The van der Waals surface area contributed by atoms with E-state index >= 15 is 0 Å². The second kappa shape index (κ2) is 6.93. The van der Waals surface area contributed by atoms with Crippen LogP contribution in [-0.4, -0.2) is 82.3 Å². The summed E-state index contributed by atoms with van der Waals surface area (Å²) in [6.07, 6.45) is 2.87. The molecule has 0 aromatic carbocycles. The monoisotopic (exact) mass is 349 g/mol. The molecule has 1 aromatic rings. The lowest BCUT2D eigenvalue weighted by molar-refractivity contribution is 0.0845. The van der Waals surface area contributed by atoms with Crippen LogP contribution in [0, 0.1) is 0 Å². The predicted molar refractivity (Wildman–Crippen MR) is 92.6 cm³/mol. The number of aromatic nitrogens is 2. The summed E-state index contributed by atoms with van der Waals surface area (Å²) < 4.78 is 7.11. The summed E-state index contributed by atoms with van der Waals surface area (Å²) in [6, 6.07) is 1.97. The lowest BCUT2D eigenvalue weighted by Gasteiger charge is -2.28. The average molecular weight is 349 g/mol. The van der Waals surface area contributed by atoms with Crippen molar-refractivity contribution >= 4 is 11.8 Å². The van der Waals surface area contributed by atoms with E-state index in [0.717, 1.165) is 37.6 Å². The Hall–Kier alpha value is -1.64. The number of aliphatic hydroxyl groups excluding tert-OH is 1. The van der Waals surface area contributed by atoms with Crippen LogP contribution in [0.2, 0.25) is 0 Å². The maximum Gasteiger partial charge on any atom is 0.323 e. The molecule has 2 saturated heterocycles. The zero-order valence-electron chi connectivity index (χ0n) is 14.7. The van der Waals surface area contributed by atoms with Gasteiger partial charge in [0.1, 0.15) is 5.82 Å². The van der Waals surface area contributed by atoms with Gasteiger partial charge >= 0.3 is 6.03 Å². The third-order valence-electron chi connectivity index (χ3n) is 5.44. The molecule has 138 valence electrons. The highest BCUT2D eigenvalue weighted by Gasteiger charge is 2.33. The van der Waals surface area contributed by atoms with Gasteiger partial charge in [-0.2, -0.15) is 5.10 Å². The zero-order chi connectivity index (χ0) is 17.4. The van der Waals surface area contributed by atoms with E-state index in [2.05, 4.69) is 15.3 Å². The van der Waals surface area contributed by atoms with Crippen molar-refractivity contribution in [1.82, 2.24) is 19.6 Å². The molecule has 4 rings (SSSR count). The van der Waals surface area contributed by atoms with Gasteiger partial charge in [0, 0.05) is 45.2 Å². The molecule has 1 aromatic heterocycles. The molecular formula is C17H27N5O3. The van der Waals surface area contributed by atoms with Crippen LogP contribution in [0.25, 0.3) is 0 Å². The number of urea groups is 1. The maximum absolute atomic E-state index is 12.6. The van der Waals surface area contributed by atoms with Crippen molar-refractivity contribution in [2.45, 2.75) is 37.3 Å². The van der Waals surface area contributed by atoms with Crippen LogP contribution in [0.3, 0.4) is 0 Å². The molecule has 2 aliphatic heterocycles. The molecule has 3 fully saturated rings. The number of amides is 2. The Bertz CT molecular complexity index is 630. The first-order chi connectivity index (χ1) is 12.1. The number of aryl methyl sites for hydroxylation is 1. The predicted octanol–water partition coefficient (Wildman–Crippen LogP) is 0.597. The van der Waals surface area contributed by atoms with Crippen molar-refractivity contribution in [1.29, 1.82) is 0 Å². The number of rotatable bonds is 3. The van der Waals surface area contributed by atoms with E-state index in [1.54, 1.807) is 4.68 Å². The van der Waals surface area contributed by atoms with Crippen LogP contribution in [-0.2, 0) is 11.8 Å². The Kier molecular flexibility index (Phi) is 4.66. The molecular weight excluding hydrogens is 322 g/mol. The molecule has 2 N–H and O–H groups in total. The van der Waals surface area contributed by atoms with Gasteiger partial charge in [-0.05, 0) is 19.3 Å². The summed E-state index contributed by atoms with van der Waals surface area (Å²) in [4.78, 5) is 16.7. The molecule has 8 nitrogen and oxygen atoms in total. The van der Waals surface area contributed by atoms with E-state index < -0.39 is 6.10 Å². The average Bonchev–Trinajstić information content (AvgIpc) is 3.32. The zero-order valence-corrected chi connectivity index (χ0v) is 14.7. The van der Waals surface area contributed by atoms with Crippen LogP contribution >= 0.6 is 0 Å². The van der Waals surface area contributed by atoms with Crippen molar-refractivity contribution in [3.63, 3.8) is 0 Å². The lowest BCUT2D eigenvalue weighted by atomic mass is 10.2. The van der Waals surface area contributed by atoms with Gasteiger partial charge in [0.25, 0.3) is 0 Å². The van der Waals surface area contributed by atoms with Crippen LogP contribution in [0.5, 0.6) is 0 Å². The third kappa shape index (κ3) is 3.65. The number of carbonyl (C=O) groups excluding carboxylic acids is 1. The van der Waals surface area contributed by atoms with Crippen molar-refractivity contribution < 1.29 is 14.6 Å². The Morgan fingerprint density at radius 2 is 2.12 bits per heavy atom. The fourth-order valence-corrected chi connectivity index (χ4v) is 3.73. The Morgan fingerprint density at radius 1 is 1.28 bits per heavy atom. The van der Waals surface area contributed by atoms with E-state index in [9.17, 15) is 9.90 Å². The van der Waals surface area contributed by atoms with Gasteiger partial charge in [0.15, 0.2) is 0 Å². The van der Waals surface area contributed by atoms with E-state index in [1.807, 2.05) is 18.0 Å². The molecule has 0 radical (unpaired) electrons. The summed E-state index contributed by atoms with van der Waals surface area (Å²) in [5, 5.41) is 17.5. The normalized spacial score (nSPS) is 28.2.